The van der Waals surface area contributed by atoms with Crippen molar-refractivity contribution in [1.82, 2.24) is 5.32 Å². The zero-order chi connectivity index (χ0) is 12.5. The summed E-state index contributed by atoms with van der Waals surface area (Å²) in [7, 11) is 2.00. The fourth-order valence-electron chi connectivity index (χ4n) is 1.54. The molecule has 0 spiro atoms. The van der Waals surface area contributed by atoms with Gasteiger partial charge in [-0.05, 0) is 50.9 Å². The Labute approximate surface area is 105 Å². The summed E-state index contributed by atoms with van der Waals surface area (Å²) in [5.74, 6) is 0.942. The van der Waals surface area contributed by atoms with Crippen molar-refractivity contribution in [2.24, 2.45) is 0 Å². The molecule has 0 bridgehead atoms. The summed E-state index contributed by atoms with van der Waals surface area (Å²) in [4.78, 5) is 0. The standard InChI is InChI=1S/C15H23NO/c1-4-5-12-17-15-10-8-14(9-11-15)7-6-13(2)16-3/h4,8-11,13,16H,1,5-7,12H2,2-3H3. The van der Waals surface area contributed by atoms with Gasteiger partial charge >= 0.3 is 0 Å². The third-order valence-corrected chi connectivity index (χ3v) is 2.87. The molecule has 0 fully saturated rings. The molecule has 2 nitrogen and oxygen atoms in total. The Bertz CT molecular complexity index is 318. The lowest BCUT2D eigenvalue weighted by Crippen LogP contribution is -2.21. The second-order valence-corrected chi connectivity index (χ2v) is 4.30. The van der Waals surface area contributed by atoms with Crippen molar-refractivity contribution in [2.75, 3.05) is 13.7 Å². The number of benzene rings is 1. The number of rotatable bonds is 8. The van der Waals surface area contributed by atoms with Crippen molar-refractivity contribution < 1.29 is 4.74 Å². The Balaban J connectivity index is 2.36. The van der Waals surface area contributed by atoms with E-state index in [4.69, 9.17) is 4.74 Å². The molecule has 0 saturated heterocycles. The molecule has 0 aliphatic rings. The van der Waals surface area contributed by atoms with Gasteiger partial charge in [0.1, 0.15) is 5.75 Å². The molecule has 0 radical (unpaired) electrons. The van der Waals surface area contributed by atoms with E-state index in [1.54, 1.807) is 0 Å². The highest BCUT2D eigenvalue weighted by molar-refractivity contribution is 5.27. The summed E-state index contributed by atoms with van der Waals surface area (Å²) >= 11 is 0. The smallest absolute Gasteiger partial charge is 0.119 e. The maximum atomic E-state index is 5.56. The fourth-order valence-corrected chi connectivity index (χ4v) is 1.54. The molecule has 0 heterocycles. The predicted octanol–water partition coefficient (Wildman–Crippen LogP) is 3.18. The topological polar surface area (TPSA) is 21.3 Å². The van der Waals surface area contributed by atoms with Gasteiger partial charge in [0, 0.05) is 6.04 Å². The molecular weight excluding hydrogens is 210 g/mol. The Morgan fingerprint density at radius 1 is 1.35 bits per heavy atom. The van der Waals surface area contributed by atoms with E-state index in [1.165, 1.54) is 5.56 Å². The monoisotopic (exact) mass is 233 g/mol. The number of hydrogen-bond donors (Lipinski definition) is 1. The van der Waals surface area contributed by atoms with Gasteiger partial charge in [-0.15, -0.1) is 6.58 Å². The molecule has 0 aromatic heterocycles. The average molecular weight is 233 g/mol. The zero-order valence-electron chi connectivity index (χ0n) is 10.9. The highest BCUT2D eigenvalue weighted by Crippen LogP contribution is 2.14. The quantitative estimate of drug-likeness (QED) is 0.550. The van der Waals surface area contributed by atoms with Crippen molar-refractivity contribution in [3.05, 3.63) is 42.5 Å². The lowest BCUT2D eigenvalue weighted by atomic mass is 10.1. The second-order valence-electron chi connectivity index (χ2n) is 4.30. The van der Waals surface area contributed by atoms with Gasteiger partial charge in [0.05, 0.1) is 6.61 Å². The maximum absolute atomic E-state index is 5.56. The Kier molecular flexibility index (Phi) is 6.41. The van der Waals surface area contributed by atoms with Crippen molar-refractivity contribution in [1.29, 1.82) is 0 Å². The van der Waals surface area contributed by atoms with E-state index in [-0.39, 0.29) is 0 Å². The van der Waals surface area contributed by atoms with Crippen molar-refractivity contribution in [2.45, 2.75) is 32.2 Å². The number of hydrogen-bond acceptors (Lipinski definition) is 2. The van der Waals surface area contributed by atoms with E-state index >= 15 is 0 Å². The van der Waals surface area contributed by atoms with Crippen molar-refractivity contribution in [3.63, 3.8) is 0 Å². The van der Waals surface area contributed by atoms with E-state index in [0.29, 0.717) is 12.6 Å². The predicted molar refractivity (Wildman–Crippen MR) is 73.6 cm³/mol. The molecule has 94 valence electrons. The van der Waals surface area contributed by atoms with Crippen LogP contribution in [0.2, 0.25) is 0 Å². The highest BCUT2D eigenvalue weighted by atomic mass is 16.5. The molecule has 0 saturated carbocycles. The van der Waals surface area contributed by atoms with Crippen LogP contribution in [0.3, 0.4) is 0 Å². The molecule has 1 unspecified atom stereocenters. The lowest BCUT2D eigenvalue weighted by Gasteiger charge is -2.10. The third kappa shape index (κ3) is 5.55. The minimum atomic E-state index is 0.568. The summed E-state index contributed by atoms with van der Waals surface area (Å²) in [5, 5.41) is 3.25. The van der Waals surface area contributed by atoms with E-state index in [9.17, 15) is 0 Å². The third-order valence-electron chi connectivity index (χ3n) is 2.87. The van der Waals surface area contributed by atoms with Gasteiger partial charge in [0.15, 0.2) is 0 Å². The first-order chi connectivity index (χ1) is 8.26. The SMILES string of the molecule is C=CCCOc1ccc(CCC(C)NC)cc1. The van der Waals surface area contributed by atoms with Crippen LogP contribution in [0.15, 0.2) is 36.9 Å². The molecule has 1 aromatic rings. The maximum Gasteiger partial charge on any atom is 0.119 e. The minimum Gasteiger partial charge on any atom is -0.493 e. The summed E-state index contributed by atoms with van der Waals surface area (Å²) in [6.45, 7) is 6.58. The van der Waals surface area contributed by atoms with Crippen LogP contribution in [0, 0.1) is 0 Å². The zero-order valence-corrected chi connectivity index (χ0v) is 10.9. The van der Waals surface area contributed by atoms with E-state index in [1.807, 2.05) is 25.3 Å². The highest BCUT2D eigenvalue weighted by Gasteiger charge is 2.00. The van der Waals surface area contributed by atoms with Crippen molar-refractivity contribution >= 4 is 0 Å². The summed E-state index contributed by atoms with van der Waals surface area (Å²) in [5.41, 5.74) is 1.36. The van der Waals surface area contributed by atoms with Gasteiger partial charge in [-0.2, -0.15) is 0 Å². The first kappa shape index (κ1) is 13.8. The van der Waals surface area contributed by atoms with Gasteiger partial charge < -0.3 is 10.1 Å². The molecule has 1 aromatic carbocycles. The molecule has 2 heteroatoms. The fraction of sp³-hybridized carbons (Fsp3) is 0.467. The van der Waals surface area contributed by atoms with Crippen molar-refractivity contribution in [3.8, 4) is 5.75 Å². The van der Waals surface area contributed by atoms with Gasteiger partial charge in [0.25, 0.3) is 0 Å². The molecule has 0 aliphatic carbocycles. The van der Waals surface area contributed by atoms with Crippen LogP contribution in [-0.4, -0.2) is 19.7 Å². The number of aryl methyl sites for hydroxylation is 1. The normalized spacial score (nSPS) is 12.1. The summed E-state index contributed by atoms with van der Waals surface area (Å²) < 4.78 is 5.56. The molecule has 1 rings (SSSR count). The molecule has 1 atom stereocenters. The number of ether oxygens (including phenoxy) is 1. The minimum absolute atomic E-state index is 0.568. The van der Waals surface area contributed by atoms with Crippen LogP contribution in [0.25, 0.3) is 0 Å². The summed E-state index contributed by atoms with van der Waals surface area (Å²) in [6, 6.07) is 8.95. The van der Waals surface area contributed by atoms with E-state index in [2.05, 4.69) is 31.0 Å². The molecule has 0 amide bonds. The first-order valence-electron chi connectivity index (χ1n) is 6.26. The lowest BCUT2D eigenvalue weighted by molar-refractivity contribution is 0.325. The molecule has 0 aliphatic heterocycles. The average Bonchev–Trinajstić information content (AvgIpc) is 2.37. The Morgan fingerprint density at radius 3 is 2.65 bits per heavy atom. The second kappa shape index (κ2) is 7.91. The van der Waals surface area contributed by atoms with Crippen LogP contribution < -0.4 is 10.1 Å². The van der Waals surface area contributed by atoms with Crippen LogP contribution >= 0.6 is 0 Å². The van der Waals surface area contributed by atoms with Crippen LogP contribution in [0.4, 0.5) is 0 Å². The molecule has 1 N–H and O–H groups in total. The van der Waals surface area contributed by atoms with Gasteiger partial charge in [-0.3, -0.25) is 0 Å². The molecule has 17 heavy (non-hydrogen) atoms. The van der Waals surface area contributed by atoms with Gasteiger partial charge in [-0.25, -0.2) is 0 Å². The Hall–Kier alpha value is -1.28. The van der Waals surface area contributed by atoms with E-state index < -0.39 is 0 Å². The largest absolute Gasteiger partial charge is 0.493 e. The van der Waals surface area contributed by atoms with E-state index in [0.717, 1.165) is 25.0 Å². The Morgan fingerprint density at radius 2 is 2.06 bits per heavy atom. The van der Waals surface area contributed by atoms with Gasteiger partial charge in [-0.1, -0.05) is 18.2 Å². The first-order valence-corrected chi connectivity index (χ1v) is 6.26. The van der Waals surface area contributed by atoms with Crippen LogP contribution in [0.5, 0.6) is 5.75 Å². The van der Waals surface area contributed by atoms with Crippen LogP contribution in [0.1, 0.15) is 25.3 Å². The number of nitrogens with one attached hydrogen (secondary N) is 1. The van der Waals surface area contributed by atoms with Gasteiger partial charge in [0.2, 0.25) is 0 Å². The summed E-state index contributed by atoms with van der Waals surface area (Å²) in [6.07, 6.45) is 5.02. The molecular formula is C15H23NO. The van der Waals surface area contributed by atoms with Crippen LogP contribution in [-0.2, 0) is 6.42 Å².